The van der Waals surface area contributed by atoms with E-state index >= 15 is 0 Å². The summed E-state index contributed by atoms with van der Waals surface area (Å²) in [5.41, 5.74) is 10.8. The highest BCUT2D eigenvalue weighted by molar-refractivity contribution is 6.32. The van der Waals surface area contributed by atoms with Crippen molar-refractivity contribution < 1.29 is 9.53 Å². The standard InChI is InChI=1S/C23H22ClN5O2/c1-13(25)6-7-14-12-26-10-8-15(14)20-21(19-17(28-20)9-11-27-23(19)30)29-18-5-3-4-16(24)22(18)31-2/h3-5,8,10,12-13,28-29H,9,11,25H2,1-2H3,(H,27,30)/t13-/m0/s1. The number of H-pyrrole nitrogens is 1. The number of aromatic nitrogens is 2. The first-order valence-electron chi connectivity index (χ1n) is 9.83. The first kappa shape index (κ1) is 20.8. The fourth-order valence-corrected chi connectivity index (χ4v) is 3.81. The average molecular weight is 436 g/mol. The maximum Gasteiger partial charge on any atom is 0.255 e. The molecule has 1 amide bonds. The van der Waals surface area contributed by atoms with Gasteiger partial charge in [0.2, 0.25) is 0 Å². The van der Waals surface area contributed by atoms with E-state index in [1.165, 1.54) is 0 Å². The number of benzene rings is 1. The summed E-state index contributed by atoms with van der Waals surface area (Å²) in [6.07, 6.45) is 4.07. The predicted octanol–water partition coefficient (Wildman–Crippen LogP) is 3.47. The Hall–Kier alpha value is -3.47. The topological polar surface area (TPSA) is 105 Å². The Labute approximate surface area is 185 Å². The van der Waals surface area contributed by atoms with Crippen molar-refractivity contribution in [2.75, 3.05) is 19.0 Å². The molecule has 0 aliphatic carbocycles. The summed E-state index contributed by atoms with van der Waals surface area (Å²) >= 11 is 6.30. The van der Waals surface area contributed by atoms with Crippen LogP contribution in [0.5, 0.6) is 5.75 Å². The predicted molar refractivity (Wildman–Crippen MR) is 122 cm³/mol. The van der Waals surface area contributed by atoms with Crippen LogP contribution in [0.3, 0.4) is 0 Å². The summed E-state index contributed by atoms with van der Waals surface area (Å²) in [4.78, 5) is 20.4. The zero-order chi connectivity index (χ0) is 22.0. The number of carbonyl (C=O) groups excluding carboxylic acids is 1. The van der Waals surface area contributed by atoms with E-state index < -0.39 is 0 Å². The Bertz CT molecular complexity index is 1210. The molecule has 0 radical (unpaired) electrons. The Morgan fingerprint density at radius 3 is 2.97 bits per heavy atom. The number of aromatic amines is 1. The number of rotatable bonds is 4. The molecule has 3 heterocycles. The molecule has 1 aliphatic heterocycles. The van der Waals surface area contributed by atoms with E-state index in [1.54, 1.807) is 25.6 Å². The van der Waals surface area contributed by atoms with Crippen LogP contribution in [0.15, 0.2) is 36.7 Å². The Kier molecular flexibility index (Phi) is 5.85. The summed E-state index contributed by atoms with van der Waals surface area (Å²) in [6.45, 7) is 2.39. The van der Waals surface area contributed by atoms with Crippen LogP contribution in [-0.2, 0) is 6.42 Å². The van der Waals surface area contributed by atoms with Crippen LogP contribution in [0.4, 0.5) is 11.4 Å². The highest BCUT2D eigenvalue weighted by Gasteiger charge is 2.28. The van der Waals surface area contributed by atoms with E-state index in [-0.39, 0.29) is 11.9 Å². The molecular weight excluding hydrogens is 414 g/mol. The number of methoxy groups -OCH3 is 1. The third kappa shape index (κ3) is 4.08. The van der Waals surface area contributed by atoms with Gasteiger partial charge in [-0.1, -0.05) is 29.5 Å². The van der Waals surface area contributed by atoms with E-state index in [9.17, 15) is 4.79 Å². The van der Waals surface area contributed by atoms with Crippen molar-refractivity contribution >= 4 is 28.9 Å². The van der Waals surface area contributed by atoms with Crippen molar-refractivity contribution in [3.63, 3.8) is 0 Å². The summed E-state index contributed by atoms with van der Waals surface area (Å²) in [5, 5.41) is 6.75. The number of nitrogens with two attached hydrogens (primary N) is 1. The third-order valence-electron chi connectivity index (χ3n) is 4.92. The van der Waals surface area contributed by atoms with Crippen molar-refractivity contribution in [2.45, 2.75) is 19.4 Å². The molecule has 5 N–H and O–H groups in total. The van der Waals surface area contributed by atoms with Crippen LogP contribution in [-0.4, -0.2) is 35.6 Å². The SMILES string of the molecule is COc1c(Cl)cccc1Nc1c(-c2ccncc2C#C[C@H](C)N)[nH]c2c1C(=O)NCC2. The lowest BCUT2D eigenvalue weighted by molar-refractivity contribution is 0.0947. The van der Waals surface area contributed by atoms with Crippen LogP contribution < -0.4 is 21.1 Å². The highest BCUT2D eigenvalue weighted by atomic mass is 35.5. The van der Waals surface area contributed by atoms with Gasteiger partial charge in [0.25, 0.3) is 5.91 Å². The molecular formula is C23H22ClN5O2. The van der Waals surface area contributed by atoms with Gasteiger partial charge in [0, 0.05) is 36.6 Å². The molecule has 0 unspecified atom stereocenters. The molecule has 1 atom stereocenters. The van der Waals surface area contributed by atoms with Gasteiger partial charge in [-0.2, -0.15) is 0 Å². The molecule has 0 bridgehead atoms. The number of para-hydroxylation sites is 1. The normalized spacial score (nSPS) is 13.5. The molecule has 0 spiro atoms. The lowest BCUT2D eigenvalue weighted by Gasteiger charge is -2.17. The number of fused-ring (bicyclic) bond motifs is 1. The molecule has 0 saturated heterocycles. The molecule has 31 heavy (non-hydrogen) atoms. The van der Waals surface area contributed by atoms with Crippen LogP contribution in [0.1, 0.15) is 28.5 Å². The zero-order valence-electron chi connectivity index (χ0n) is 17.2. The van der Waals surface area contributed by atoms with Gasteiger partial charge in [-0.15, -0.1) is 0 Å². The number of carbonyl (C=O) groups is 1. The number of pyridine rings is 1. The van der Waals surface area contributed by atoms with Crippen LogP contribution in [0.25, 0.3) is 11.3 Å². The molecule has 4 rings (SSSR count). The van der Waals surface area contributed by atoms with Gasteiger partial charge in [-0.25, -0.2) is 0 Å². The molecule has 0 fully saturated rings. The maximum absolute atomic E-state index is 12.8. The van der Waals surface area contributed by atoms with E-state index in [1.807, 2.05) is 25.1 Å². The van der Waals surface area contributed by atoms with Gasteiger partial charge in [0.05, 0.1) is 46.4 Å². The molecule has 0 saturated carbocycles. The number of nitrogens with zero attached hydrogens (tertiary/aromatic N) is 1. The number of ether oxygens (including phenoxy) is 1. The molecule has 2 aromatic heterocycles. The van der Waals surface area contributed by atoms with Crippen molar-refractivity contribution in [3.05, 3.63) is 58.5 Å². The second kappa shape index (κ2) is 8.72. The van der Waals surface area contributed by atoms with Crippen LogP contribution in [0, 0.1) is 11.8 Å². The lowest BCUT2D eigenvalue weighted by atomic mass is 10.0. The number of amides is 1. The van der Waals surface area contributed by atoms with Crippen molar-refractivity contribution in [1.82, 2.24) is 15.3 Å². The summed E-state index contributed by atoms with van der Waals surface area (Å²) in [5.74, 6) is 6.41. The number of nitrogens with one attached hydrogen (secondary N) is 3. The number of halogens is 1. The van der Waals surface area contributed by atoms with Gasteiger partial charge >= 0.3 is 0 Å². The Balaban J connectivity index is 1.91. The highest BCUT2D eigenvalue weighted by Crippen LogP contribution is 2.41. The second-order valence-corrected chi connectivity index (χ2v) is 7.57. The summed E-state index contributed by atoms with van der Waals surface area (Å²) in [7, 11) is 1.55. The molecule has 3 aromatic rings. The molecule has 1 aliphatic rings. The molecule has 158 valence electrons. The molecule has 8 heteroatoms. The lowest BCUT2D eigenvalue weighted by Crippen LogP contribution is -2.31. The number of hydrogen-bond acceptors (Lipinski definition) is 5. The van der Waals surface area contributed by atoms with Crippen LogP contribution >= 0.6 is 11.6 Å². The van der Waals surface area contributed by atoms with Gasteiger partial charge in [-0.05, 0) is 25.1 Å². The monoisotopic (exact) mass is 435 g/mol. The van der Waals surface area contributed by atoms with Crippen molar-refractivity contribution in [2.24, 2.45) is 5.73 Å². The van der Waals surface area contributed by atoms with Gasteiger partial charge in [0.1, 0.15) is 0 Å². The van der Waals surface area contributed by atoms with Gasteiger partial charge < -0.3 is 26.1 Å². The minimum atomic E-state index is -0.274. The fourth-order valence-electron chi connectivity index (χ4n) is 3.56. The summed E-state index contributed by atoms with van der Waals surface area (Å²) in [6, 6.07) is 7.00. The molecule has 1 aromatic carbocycles. The van der Waals surface area contributed by atoms with E-state index in [0.29, 0.717) is 46.2 Å². The first-order valence-corrected chi connectivity index (χ1v) is 10.2. The minimum absolute atomic E-state index is 0.149. The number of anilines is 2. The smallest absolute Gasteiger partial charge is 0.255 e. The van der Waals surface area contributed by atoms with Crippen LogP contribution in [0.2, 0.25) is 5.02 Å². The Morgan fingerprint density at radius 1 is 1.35 bits per heavy atom. The van der Waals surface area contributed by atoms with Crippen molar-refractivity contribution in [3.8, 4) is 28.8 Å². The fraction of sp³-hybridized carbons (Fsp3) is 0.217. The Morgan fingerprint density at radius 2 is 2.19 bits per heavy atom. The second-order valence-electron chi connectivity index (χ2n) is 7.16. The van der Waals surface area contributed by atoms with E-state index in [0.717, 1.165) is 17.0 Å². The summed E-state index contributed by atoms with van der Waals surface area (Å²) < 4.78 is 5.48. The average Bonchev–Trinajstić information content (AvgIpc) is 3.12. The number of hydrogen-bond donors (Lipinski definition) is 4. The third-order valence-corrected chi connectivity index (χ3v) is 5.22. The van der Waals surface area contributed by atoms with E-state index in [4.69, 9.17) is 22.1 Å². The molecule has 7 nitrogen and oxygen atoms in total. The largest absolute Gasteiger partial charge is 0.493 e. The minimum Gasteiger partial charge on any atom is -0.493 e. The maximum atomic E-state index is 12.8. The van der Waals surface area contributed by atoms with Gasteiger partial charge in [-0.3, -0.25) is 9.78 Å². The van der Waals surface area contributed by atoms with Gasteiger partial charge in [0.15, 0.2) is 5.75 Å². The first-order chi connectivity index (χ1) is 15.0. The quantitative estimate of drug-likeness (QED) is 0.470. The van der Waals surface area contributed by atoms with Crippen molar-refractivity contribution in [1.29, 1.82) is 0 Å². The van der Waals surface area contributed by atoms with E-state index in [2.05, 4.69) is 32.4 Å². The zero-order valence-corrected chi connectivity index (χ0v) is 17.9.